The number of aryl methyl sites for hydroxylation is 1. The maximum Gasteiger partial charge on any atom is 0.255 e. The van der Waals surface area contributed by atoms with Crippen molar-refractivity contribution in [3.63, 3.8) is 0 Å². The van der Waals surface area contributed by atoms with Crippen LogP contribution in [0.1, 0.15) is 66.2 Å². The number of methoxy groups -OCH3 is 1. The fourth-order valence-corrected chi connectivity index (χ4v) is 4.21. The minimum absolute atomic E-state index is 0.232. The van der Waals surface area contributed by atoms with E-state index in [1.54, 1.807) is 30.6 Å². The van der Waals surface area contributed by atoms with Crippen molar-refractivity contribution in [1.82, 2.24) is 4.98 Å². The predicted octanol–water partition coefficient (Wildman–Crippen LogP) is 5.28. The van der Waals surface area contributed by atoms with Crippen molar-refractivity contribution in [2.75, 3.05) is 29.3 Å². The van der Waals surface area contributed by atoms with Crippen LogP contribution in [0, 0.1) is 24.2 Å². The van der Waals surface area contributed by atoms with Gasteiger partial charge in [-0.15, -0.1) is 0 Å². The summed E-state index contributed by atoms with van der Waals surface area (Å²) >= 11 is 0. The molecule has 0 saturated heterocycles. The van der Waals surface area contributed by atoms with Gasteiger partial charge in [-0.05, 0) is 78.6 Å². The smallest absolute Gasteiger partial charge is 0.255 e. The zero-order valence-electron chi connectivity index (χ0n) is 23.7. The molecule has 0 unspecified atom stereocenters. The summed E-state index contributed by atoms with van der Waals surface area (Å²) in [6, 6.07) is 14.8. The number of nitrogens with two attached hydrogens (primary N) is 2. The van der Waals surface area contributed by atoms with E-state index in [1.807, 2.05) is 52.0 Å². The fraction of sp³-hybridized carbons (Fsp3) is 0.323. The topological polar surface area (TPSA) is 142 Å². The third-order valence-electron chi connectivity index (χ3n) is 6.92. The summed E-state index contributed by atoms with van der Waals surface area (Å²) in [6.07, 6.45) is 5.86. The first-order valence-corrected chi connectivity index (χ1v) is 13.3. The number of aromatic nitrogens is 1. The summed E-state index contributed by atoms with van der Waals surface area (Å²) < 4.78 is 5.48. The molecule has 9 nitrogen and oxygen atoms in total. The van der Waals surface area contributed by atoms with Crippen LogP contribution in [0.2, 0.25) is 0 Å². The van der Waals surface area contributed by atoms with Crippen LogP contribution in [0.25, 0.3) is 5.70 Å². The number of benzene rings is 2. The van der Waals surface area contributed by atoms with Gasteiger partial charge >= 0.3 is 0 Å². The van der Waals surface area contributed by atoms with E-state index in [2.05, 4.69) is 21.7 Å². The number of nitrogens with one attached hydrogen (secondary N) is 2. The van der Waals surface area contributed by atoms with E-state index in [0.717, 1.165) is 35.0 Å². The molecule has 6 N–H and O–H groups in total. The zero-order chi connectivity index (χ0) is 29.0. The van der Waals surface area contributed by atoms with Gasteiger partial charge in [0.05, 0.1) is 29.7 Å². The number of ether oxygens (including phenoxy) is 1. The Morgan fingerprint density at radius 2 is 1.93 bits per heavy atom. The van der Waals surface area contributed by atoms with E-state index in [0.29, 0.717) is 33.9 Å². The molecular weight excluding hydrogens is 502 g/mol. The van der Waals surface area contributed by atoms with Gasteiger partial charge in [-0.3, -0.25) is 9.80 Å². The number of pyridine rings is 1. The molecule has 1 saturated carbocycles. The lowest BCUT2D eigenvalue weighted by molar-refractivity contribution is 0.102. The number of nitriles is 1. The molecule has 40 heavy (non-hydrogen) atoms. The summed E-state index contributed by atoms with van der Waals surface area (Å²) in [6.45, 7) is 8.96. The van der Waals surface area contributed by atoms with Crippen molar-refractivity contribution < 1.29 is 9.53 Å². The molecule has 9 heteroatoms. The van der Waals surface area contributed by atoms with Crippen molar-refractivity contribution in [2.24, 2.45) is 17.5 Å². The highest BCUT2D eigenvalue weighted by atomic mass is 16.5. The highest BCUT2D eigenvalue weighted by Crippen LogP contribution is 2.35. The molecule has 1 aliphatic carbocycles. The minimum Gasteiger partial charge on any atom is -0.493 e. The van der Waals surface area contributed by atoms with Crippen LogP contribution in [0.3, 0.4) is 0 Å². The third-order valence-corrected chi connectivity index (χ3v) is 6.92. The maximum absolute atomic E-state index is 13.3. The van der Waals surface area contributed by atoms with E-state index >= 15 is 0 Å². The molecule has 1 amide bonds. The number of hydrogen-bond acceptors (Lipinski definition) is 8. The van der Waals surface area contributed by atoms with Crippen molar-refractivity contribution >= 4 is 28.8 Å². The van der Waals surface area contributed by atoms with E-state index < -0.39 is 0 Å². The van der Waals surface area contributed by atoms with Crippen LogP contribution in [0.4, 0.5) is 17.2 Å². The van der Waals surface area contributed by atoms with Crippen LogP contribution in [-0.4, -0.2) is 24.5 Å². The standard InChI is InChI=1S/C31H37N7O2/c1-19-6-9-21(30(39)37-26-14-24(31(2,3)4)12-23(15-32)29(26)40-5)13-27(19)38(34)18-25(33)22-10-11-28(36-17-22)35-16-20-7-8-20/h6,9-14,17-18,20H,7-8,16,33-34H2,1-5H3,(H,35,36)(H,37,39)/b25-18-. The zero-order valence-corrected chi connectivity index (χ0v) is 23.7. The van der Waals surface area contributed by atoms with Gasteiger partial charge in [0, 0.05) is 30.1 Å². The molecule has 3 aromatic rings. The summed E-state index contributed by atoms with van der Waals surface area (Å²) in [5, 5.41) is 17.3. The van der Waals surface area contributed by atoms with E-state index in [4.69, 9.17) is 16.3 Å². The van der Waals surface area contributed by atoms with Crippen molar-refractivity contribution in [3.05, 3.63) is 82.7 Å². The second kappa shape index (κ2) is 11.7. The SMILES string of the molecule is COc1c(C#N)cc(C(C)(C)C)cc1NC(=O)c1ccc(C)c(N(N)/C=C(\N)c2ccc(NCC3CC3)nc2)c1. The van der Waals surface area contributed by atoms with Gasteiger partial charge in [0.2, 0.25) is 0 Å². The number of carbonyl (C=O) groups excluding carboxylic acids is 1. The van der Waals surface area contributed by atoms with Crippen LogP contribution >= 0.6 is 0 Å². The molecule has 2 aromatic carbocycles. The number of nitrogens with zero attached hydrogens (tertiary/aromatic N) is 3. The minimum atomic E-state index is -0.363. The van der Waals surface area contributed by atoms with Gasteiger partial charge in [-0.2, -0.15) is 5.26 Å². The number of amides is 1. The average Bonchev–Trinajstić information content (AvgIpc) is 3.76. The Morgan fingerprint density at radius 1 is 1.20 bits per heavy atom. The highest BCUT2D eigenvalue weighted by molar-refractivity contribution is 6.06. The van der Waals surface area contributed by atoms with Gasteiger partial charge in [-0.25, -0.2) is 10.8 Å². The lowest BCUT2D eigenvalue weighted by Crippen LogP contribution is -2.27. The molecule has 0 atom stereocenters. The van der Waals surface area contributed by atoms with Gasteiger partial charge in [0.1, 0.15) is 11.9 Å². The lowest BCUT2D eigenvalue weighted by atomic mass is 9.85. The monoisotopic (exact) mass is 539 g/mol. The fourth-order valence-electron chi connectivity index (χ4n) is 4.21. The molecule has 0 spiro atoms. The molecule has 0 bridgehead atoms. The lowest BCUT2D eigenvalue weighted by Gasteiger charge is -2.22. The number of anilines is 3. The van der Waals surface area contributed by atoms with E-state index in [1.165, 1.54) is 25.0 Å². The Labute approximate surface area is 235 Å². The quantitative estimate of drug-likeness (QED) is 0.212. The Hall–Kier alpha value is -4.55. The largest absolute Gasteiger partial charge is 0.493 e. The molecule has 1 heterocycles. The highest BCUT2D eigenvalue weighted by Gasteiger charge is 2.22. The molecule has 4 rings (SSSR count). The van der Waals surface area contributed by atoms with E-state index in [-0.39, 0.29) is 11.3 Å². The summed E-state index contributed by atoms with van der Waals surface area (Å²) in [5.41, 5.74) is 10.8. The van der Waals surface area contributed by atoms with Gasteiger partial charge < -0.3 is 21.1 Å². The van der Waals surface area contributed by atoms with Crippen molar-refractivity contribution in [3.8, 4) is 11.8 Å². The number of rotatable bonds is 9. The van der Waals surface area contributed by atoms with Crippen LogP contribution in [0.5, 0.6) is 5.75 Å². The van der Waals surface area contributed by atoms with E-state index in [9.17, 15) is 10.1 Å². The third kappa shape index (κ3) is 6.71. The Morgan fingerprint density at radius 3 is 2.52 bits per heavy atom. The number of hydrazine groups is 1. The second-order valence-corrected chi connectivity index (χ2v) is 11.2. The molecule has 0 aliphatic heterocycles. The molecule has 1 fully saturated rings. The normalized spacial score (nSPS) is 13.4. The summed E-state index contributed by atoms with van der Waals surface area (Å²) in [5.74, 6) is 7.90. The van der Waals surface area contributed by atoms with Gasteiger partial charge in [-0.1, -0.05) is 26.8 Å². The second-order valence-electron chi connectivity index (χ2n) is 11.2. The van der Waals surface area contributed by atoms with Crippen LogP contribution in [-0.2, 0) is 5.41 Å². The predicted molar refractivity (Wildman–Crippen MR) is 160 cm³/mol. The summed E-state index contributed by atoms with van der Waals surface area (Å²) in [4.78, 5) is 17.8. The Kier molecular flexibility index (Phi) is 8.31. The Bertz CT molecular complexity index is 1460. The first-order valence-electron chi connectivity index (χ1n) is 13.3. The molecule has 208 valence electrons. The molecular formula is C31H37N7O2. The van der Waals surface area contributed by atoms with Crippen molar-refractivity contribution in [1.29, 1.82) is 5.26 Å². The van der Waals surface area contributed by atoms with Crippen LogP contribution in [0.15, 0.2) is 54.9 Å². The number of hydrogen-bond donors (Lipinski definition) is 4. The van der Waals surface area contributed by atoms with Crippen LogP contribution < -0.4 is 32.0 Å². The first kappa shape index (κ1) is 28.5. The first-order chi connectivity index (χ1) is 19.0. The number of carbonyl (C=O) groups is 1. The van der Waals surface area contributed by atoms with Gasteiger partial charge in [0.15, 0.2) is 5.75 Å². The van der Waals surface area contributed by atoms with Gasteiger partial charge in [0.25, 0.3) is 5.91 Å². The average molecular weight is 540 g/mol. The van der Waals surface area contributed by atoms with Crippen molar-refractivity contribution in [2.45, 2.75) is 46.0 Å². The molecule has 0 radical (unpaired) electrons. The maximum atomic E-state index is 13.3. The Balaban J connectivity index is 1.55. The summed E-state index contributed by atoms with van der Waals surface area (Å²) in [7, 11) is 1.48. The molecule has 1 aliphatic rings. The molecule has 1 aromatic heterocycles.